The Morgan fingerprint density at radius 1 is 1.00 bits per heavy atom. The molecular formula is C18H19ClN2O3. The Kier molecular flexibility index (Phi) is 6.78. The van der Waals surface area contributed by atoms with Gasteiger partial charge in [0.15, 0.2) is 0 Å². The number of hydrogen-bond donors (Lipinski definition) is 2. The first kappa shape index (κ1) is 18.0. The van der Waals surface area contributed by atoms with Gasteiger partial charge in [-0.1, -0.05) is 23.7 Å². The number of anilines is 1. The molecule has 0 fully saturated rings. The standard InChI is InChI=1S/C18H19ClN2O3/c1-24-12-4-11-20-17(22)13-7-9-14(10-8-13)18(23)21-16-6-3-2-5-15(16)19/h2-3,5-10H,4,11-12H2,1H3,(H,20,22)(H,21,23). The van der Waals surface area contributed by atoms with Gasteiger partial charge in [0.2, 0.25) is 0 Å². The van der Waals surface area contributed by atoms with Gasteiger partial charge in [-0.05, 0) is 42.8 Å². The third-order valence-electron chi connectivity index (χ3n) is 3.34. The average molecular weight is 347 g/mol. The molecule has 0 heterocycles. The first-order valence-electron chi connectivity index (χ1n) is 7.55. The molecule has 0 saturated carbocycles. The summed E-state index contributed by atoms with van der Waals surface area (Å²) in [7, 11) is 1.62. The molecular weight excluding hydrogens is 328 g/mol. The summed E-state index contributed by atoms with van der Waals surface area (Å²) >= 11 is 6.02. The van der Waals surface area contributed by atoms with Crippen molar-refractivity contribution in [2.45, 2.75) is 6.42 Å². The van der Waals surface area contributed by atoms with Crippen LogP contribution < -0.4 is 10.6 Å². The van der Waals surface area contributed by atoms with E-state index in [-0.39, 0.29) is 11.8 Å². The first-order valence-corrected chi connectivity index (χ1v) is 7.92. The van der Waals surface area contributed by atoms with E-state index in [1.54, 1.807) is 55.6 Å². The quantitative estimate of drug-likeness (QED) is 0.755. The van der Waals surface area contributed by atoms with E-state index in [2.05, 4.69) is 10.6 Å². The van der Waals surface area contributed by atoms with Crippen LogP contribution in [0.5, 0.6) is 0 Å². The molecule has 0 bridgehead atoms. The summed E-state index contributed by atoms with van der Waals surface area (Å²) in [6.45, 7) is 1.14. The highest BCUT2D eigenvalue weighted by Gasteiger charge is 2.10. The van der Waals surface area contributed by atoms with E-state index in [4.69, 9.17) is 16.3 Å². The lowest BCUT2D eigenvalue weighted by Crippen LogP contribution is -2.25. The van der Waals surface area contributed by atoms with Gasteiger partial charge in [0.25, 0.3) is 11.8 Å². The van der Waals surface area contributed by atoms with E-state index < -0.39 is 0 Å². The Morgan fingerprint density at radius 3 is 2.25 bits per heavy atom. The van der Waals surface area contributed by atoms with Gasteiger partial charge in [0, 0.05) is 31.4 Å². The van der Waals surface area contributed by atoms with Crippen molar-refractivity contribution >= 4 is 29.1 Å². The fourth-order valence-corrected chi connectivity index (χ4v) is 2.23. The van der Waals surface area contributed by atoms with Crippen LogP contribution in [-0.2, 0) is 4.74 Å². The lowest BCUT2D eigenvalue weighted by Gasteiger charge is -2.08. The van der Waals surface area contributed by atoms with Crippen molar-refractivity contribution in [3.63, 3.8) is 0 Å². The van der Waals surface area contributed by atoms with Gasteiger partial charge in [-0.25, -0.2) is 0 Å². The summed E-state index contributed by atoms with van der Waals surface area (Å²) in [4.78, 5) is 24.2. The van der Waals surface area contributed by atoms with Gasteiger partial charge in [-0.2, -0.15) is 0 Å². The molecule has 24 heavy (non-hydrogen) atoms. The second-order valence-electron chi connectivity index (χ2n) is 5.11. The summed E-state index contributed by atoms with van der Waals surface area (Å²) < 4.78 is 4.92. The summed E-state index contributed by atoms with van der Waals surface area (Å²) in [6.07, 6.45) is 0.751. The largest absolute Gasteiger partial charge is 0.385 e. The molecule has 2 aromatic carbocycles. The van der Waals surface area contributed by atoms with Gasteiger partial charge in [-0.3, -0.25) is 9.59 Å². The van der Waals surface area contributed by atoms with Crippen LogP contribution in [0.1, 0.15) is 27.1 Å². The van der Waals surface area contributed by atoms with Crippen LogP contribution in [0.25, 0.3) is 0 Å². The number of ether oxygens (including phenoxy) is 1. The van der Waals surface area contributed by atoms with E-state index in [1.807, 2.05) is 0 Å². The highest BCUT2D eigenvalue weighted by molar-refractivity contribution is 6.33. The molecule has 6 heteroatoms. The van der Waals surface area contributed by atoms with Crippen molar-refractivity contribution in [3.8, 4) is 0 Å². The predicted octanol–water partition coefficient (Wildman–Crippen LogP) is 3.36. The van der Waals surface area contributed by atoms with Crippen molar-refractivity contribution < 1.29 is 14.3 Å². The number of amides is 2. The molecule has 0 aliphatic heterocycles. The fourth-order valence-electron chi connectivity index (χ4n) is 2.05. The van der Waals surface area contributed by atoms with Crippen molar-refractivity contribution in [1.29, 1.82) is 0 Å². The molecule has 2 aromatic rings. The molecule has 0 saturated heterocycles. The third-order valence-corrected chi connectivity index (χ3v) is 3.67. The number of nitrogens with one attached hydrogen (secondary N) is 2. The molecule has 2 N–H and O–H groups in total. The van der Waals surface area contributed by atoms with Crippen molar-refractivity contribution in [3.05, 3.63) is 64.7 Å². The van der Waals surface area contributed by atoms with Crippen molar-refractivity contribution in [1.82, 2.24) is 5.32 Å². The maximum atomic E-state index is 12.2. The molecule has 0 atom stereocenters. The first-order chi connectivity index (χ1) is 11.6. The van der Waals surface area contributed by atoms with Crippen LogP contribution >= 0.6 is 11.6 Å². The van der Waals surface area contributed by atoms with Crippen molar-refractivity contribution in [2.24, 2.45) is 0 Å². The minimum atomic E-state index is -0.282. The maximum Gasteiger partial charge on any atom is 0.255 e. The van der Waals surface area contributed by atoms with E-state index in [1.165, 1.54) is 0 Å². The molecule has 0 spiro atoms. The normalized spacial score (nSPS) is 10.2. The number of para-hydroxylation sites is 1. The SMILES string of the molecule is COCCCNC(=O)c1ccc(C(=O)Nc2ccccc2Cl)cc1. The molecule has 2 rings (SSSR count). The Labute approximate surface area is 146 Å². The summed E-state index contributed by atoms with van der Waals surface area (Å²) in [5.74, 6) is -0.459. The molecule has 126 valence electrons. The lowest BCUT2D eigenvalue weighted by molar-refractivity contribution is 0.0947. The summed E-state index contributed by atoms with van der Waals surface area (Å²) in [5.41, 5.74) is 1.50. The summed E-state index contributed by atoms with van der Waals surface area (Å²) in [6, 6.07) is 13.5. The maximum absolute atomic E-state index is 12.2. The Hall–Kier alpha value is -2.37. The van der Waals surface area contributed by atoms with Gasteiger partial charge in [0.1, 0.15) is 0 Å². The van der Waals surface area contributed by atoms with Crippen LogP contribution in [0.15, 0.2) is 48.5 Å². The van der Waals surface area contributed by atoms with Crippen LogP contribution in [0, 0.1) is 0 Å². The van der Waals surface area contributed by atoms with Gasteiger partial charge in [0.05, 0.1) is 10.7 Å². The topological polar surface area (TPSA) is 67.4 Å². The number of carbonyl (C=O) groups excluding carboxylic acids is 2. The van der Waals surface area contributed by atoms with Crippen molar-refractivity contribution in [2.75, 3.05) is 25.6 Å². The Morgan fingerprint density at radius 2 is 1.62 bits per heavy atom. The van der Waals surface area contributed by atoms with Crippen LogP contribution in [-0.4, -0.2) is 32.1 Å². The predicted molar refractivity (Wildman–Crippen MR) is 94.7 cm³/mol. The van der Waals surface area contributed by atoms with Crippen LogP contribution in [0.2, 0.25) is 5.02 Å². The van der Waals surface area contributed by atoms with E-state index in [0.29, 0.717) is 35.0 Å². The van der Waals surface area contributed by atoms with E-state index in [0.717, 1.165) is 6.42 Å². The number of benzene rings is 2. The number of halogens is 1. The van der Waals surface area contributed by atoms with Crippen LogP contribution in [0.4, 0.5) is 5.69 Å². The number of carbonyl (C=O) groups is 2. The monoisotopic (exact) mass is 346 g/mol. The number of hydrogen-bond acceptors (Lipinski definition) is 3. The fraction of sp³-hybridized carbons (Fsp3) is 0.222. The zero-order chi connectivity index (χ0) is 17.4. The van der Waals surface area contributed by atoms with Gasteiger partial charge < -0.3 is 15.4 Å². The zero-order valence-corrected chi connectivity index (χ0v) is 14.1. The zero-order valence-electron chi connectivity index (χ0n) is 13.3. The molecule has 0 unspecified atom stereocenters. The minimum Gasteiger partial charge on any atom is -0.385 e. The molecule has 2 amide bonds. The van der Waals surface area contributed by atoms with Gasteiger partial charge in [-0.15, -0.1) is 0 Å². The second kappa shape index (κ2) is 9.05. The number of methoxy groups -OCH3 is 1. The minimum absolute atomic E-state index is 0.177. The molecule has 0 aliphatic rings. The van der Waals surface area contributed by atoms with Gasteiger partial charge >= 0.3 is 0 Å². The summed E-state index contributed by atoms with van der Waals surface area (Å²) in [5, 5.41) is 6.00. The number of rotatable bonds is 7. The smallest absolute Gasteiger partial charge is 0.255 e. The lowest BCUT2D eigenvalue weighted by atomic mass is 10.1. The highest BCUT2D eigenvalue weighted by Crippen LogP contribution is 2.21. The van der Waals surface area contributed by atoms with E-state index >= 15 is 0 Å². The van der Waals surface area contributed by atoms with E-state index in [9.17, 15) is 9.59 Å². The molecule has 0 aliphatic carbocycles. The molecule has 0 aromatic heterocycles. The second-order valence-corrected chi connectivity index (χ2v) is 5.52. The Balaban J connectivity index is 1.95. The molecule has 5 nitrogen and oxygen atoms in total. The Bertz CT molecular complexity index is 702. The third kappa shape index (κ3) is 5.08. The highest BCUT2D eigenvalue weighted by atomic mass is 35.5. The molecule has 0 radical (unpaired) electrons. The average Bonchev–Trinajstić information content (AvgIpc) is 2.60. The van der Waals surface area contributed by atoms with Crippen LogP contribution in [0.3, 0.4) is 0 Å².